The largest absolute Gasteiger partial charge is 0.371 e. The number of likely N-dealkylation sites (N-methyl/N-ethyl adjacent to an activating group) is 1. The van der Waals surface area contributed by atoms with Crippen LogP contribution in [0.2, 0.25) is 0 Å². The Kier molecular flexibility index (Phi) is 6.11. The highest BCUT2D eigenvalue weighted by Gasteiger charge is 2.32. The Balaban J connectivity index is 2.06. The van der Waals surface area contributed by atoms with Crippen LogP contribution in [-0.4, -0.2) is 61.8 Å². The number of nitrogens with one attached hydrogen (secondary N) is 1. The first-order valence-corrected chi connectivity index (χ1v) is 7.51. The van der Waals surface area contributed by atoms with Crippen molar-refractivity contribution in [2.75, 3.05) is 45.3 Å². The summed E-state index contributed by atoms with van der Waals surface area (Å²) < 4.78 is 5.88. The van der Waals surface area contributed by atoms with Crippen LogP contribution in [0.1, 0.15) is 20.3 Å². The van der Waals surface area contributed by atoms with Crippen molar-refractivity contribution in [3.63, 3.8) is 0 Å². The van der Waals surface area contributed by atoms with Gasteiger partial charge >= 0.3 is 0 Å². The number of hydrogen-bond acceptors (Lipinski definition) is 4. The van der Waals surface area contributed by atoms with Gasteiger partial charge in [-0.3, -0.25) is 0 Å². The Morgan fingerprint density at radius 2 is 2.19 bits per heavy atom. The van der Waals surface area contributed by atoms with Crippen LogP contribution in [0.5, 0.6) is 0 Å². The number of nitrogens with zero attached hydrogens (tertiary/aromatic N) is 1. The minimum Gasteiger partial charge on any atom is -0.371 e. The molecule has 1 rings (SSSR count). The third-order valence-corrected chi connectivity index (χ3v) is 4.03. The van der Waals surface area contributed by atoms with Crippen LogP contribution < -0.4 is 5.32 Å². The summed E-state index contributed by atoms with van der Waals surface area (Å²) in [5.74, 6) is 1.24. The summed E-state index contributed by atoms with van der Waals surface area (Å²) in [6, 6.07) is 0.656. The van der Waals surface area contributed by atoms with Crippen molar-refractivity contribution in [1.29, 1.82) is 0 Å². The maximum atomic E-state index is 5.88. The molecule has 1 N–H and O–H groups in total. The summed E-state index contributed by atoms with van der Waals surface area (Å²) in [6.45, 7) is 8.35. The molecule has 1 fully saturated rings. The number of hydrogen-bond donors (Lipinski definition) is 1. The summed E-state index contributed by atoms with van der Waals surface area (Å²) in [5.41, 5.74) is 0.101. The zero-order chi connectivity index (χ0) is 12.0. The van der Waals surface area contributed by atoms with Gasteiger partial charge in [0, 0.05) is 25.7 Å². The monoisotopic (exact) mass is 246 g/mol. The Morgan fingerprint density at radius 3 is 2.69 bits per heavy atom. The van der Waals surface area contributed by atoms with Gasteiger partial charge in [-0.15, -0.1) is 0 Å². The molecule has 1 aliphatic rings. The quantitative estimate of drug-likeness (QED) is 0.700. The zero-order valence-corrected chi connectivity index (χ0v) is 11.9. The molecule has 1 aliphatic heterocycles. The molecule has 3 nitrogen and oxygen atoms in total. The number of rotatable bonds is 8. The van der Waals surface area contributed by atoms with E-state index in [1.807, 2.05) is 11.8 Å². The molecule has 0 aromatic heterocycles. The first-order chi connectivity index (χ1) is 7.57. The van der Waals surface area contributed by atoms with E-state index in [9.17, 15) is 0 Å². The molecule has 0 radical (unpaired) electrons. The van der Waals surface area contributed by atoms with E-state index < -0.39 is 0 Å². The molecule has 16 heavy (non-hydrogen) atoms. The van der Waals surface area contributed by atoms with Crippen LogP contribution in [-0.2, 0) is 4.74 Å². The van der Waals surface area contributed by atoms with Crippen molar-refractivity contribution in [1.82, 2.24) is 10.2 Å². The average molecular weight is 246 g/mol. The fourth-order valence-corrected chi connectivity index (χ4v) is 2.32. The Bertz CT molecular complexity index is 197. The van der Waals surface area contributed by atoms with E-state index in [1.165, 1.54) is 12.2 Å². The Morgan fingerprint density at radius 1 is 1.50 bits per heavy atom. The lowest BCUT2D eigenvalue weighted by atomic mass is 10.0. The smallest absolute Gasteiger partial charge is 0.0902 e. The highest BCUT2D eigenvalue weighted by molar-refractivity contribution is 7.98. The predicted octanol–water partition coefficient (Wildman–Crippen LogP) is 1.44. The standard InChI is InChI=1S/C12H26N2OS/c1-11(5-8-16-4)14(3)6-7-15-12(2)9-13-10-12/h11,13H,5-10H2,1-4H3. The van der Waals surface area contributed by atoms with Crippen LogP contribution in [0.25, 0.3) is 0 Å². The van der Waals surface area contributed by atoms with Gasteiger partial charge in [-0.25, -0.2) is 0 Å². The molecule has 0 saturated carbocycles. The molecule has 0 amide bonds. The Hall–Kier alpha value is 0.230. The molecule has 1 heterocycles. The van der Waals surface area contributed by atoms with Gasteiger partial charge in [-0.1, -0.05) is 0 Å². The second-order valence-electron chi connectivity index (χ2n) is 5.01. The van der Waals surface area contributed by atoms with E-state index in [-0.39, 0.29) is 5.60 Å². The summed E-state index contributed by atoms with van der Waals surface area (Å²) in [6.07, 6.45) is 3.43. The van der Waals surface area contributed by atoms with Crippen LogP contribution in [0.3, 0.4) is 0 Å². The van der Waals surface area contributed by atoms with Gasteiger partial charge in [0.2, 0.25) is 0 Å². The average Bonchev–Trinajstić information content (AvgIpc) is 2.23. The van der Waals surface area contributed by atoms with Gasteiger partial charge < -0.3 is 15.0 Å². The zero-order valence-electron chi connectivity index (χ0n) is 11.1. The van der Waals surface area contributed by atoms with Gasteiger partial charge in [0.1, 0.15) is 0 Å². The highest BCUT2D eigenvalue weighted by atomic mass is 32.2. The summed E-state index contributed by atoms with van der Waals surface area (Å²) in [4.78, 5) is 2.39. The maximum Gasteiger partial charge on any atom is 0.0902 e. The van der Waals surface area contributed by atoms with E-state index in [4.69, 9.17) is 4.74 Å². The van der Waals surface area contributed by atoms with Gasteiger partial charge in [-0.2, -0.15) is 11.8 Å². The minimum atomic E-state index is 0.101. The molecule has 1 atom stereocenters. The molecular formula is C12H26N2OS. The lowest BCUT2D eigenvalue weighted by molar-refractivity contribution is -0.0725. The minimum absolute atomic E-state index is 0.101. The fraction of sp³-hybridized carbons (Fsp3) is 1.00. The summed E-state index contributed by atoms with van der Waals surface area (Å²) in [5, 5.41) is 3.25. The van der Waals surface area contributed by atoms with Gasteiger partial charge in [-0.05, 0) is 39.3 Å². The molecule has 4 heteroatoms. The number of ether oxygens (including phenoxy) is 1. The molecule has 0 bridgehead atoms. The lowest BCUT2D eigenvalue weighted by Gasteiger charge is -2.39. The molecule has 96 valence electrons. The summed E-state index contributed by atoms with van der Waals surface area (Å²) in [7, 11) is 2.19. The van der Waals surface area contributed by atoms with E-state index in [1.54, 1.807) is 0 Å². The lowest BCUT2D eigenvalue weighted by Crippen LogP contribution is -2.59. The SMILES string of the molecule is CSCCC(C)N(C)CCOC1(C)CNC1. The maximum absolute atomic E-state index is 5.88. The number of thioether (sulfide) groups is 1. The topological polar surface area (TPSA) is 24.5 Å². The molecule has 0 aromatic rings. The van der Waals surface area contributed by atoms with Gasteiger partial charge in [0.05, 0.1) is 12.2 Å². The molecular weight excluding hydrogens is 220 g/mol. The van der Waals surface area contributed by atoms with Crippen LogP contribution in [0.15, 0.2) is 0 Å². The second-order valence-corrected chi connectivity index (χ2v) is 6.00. The van der Waals surface area contributed by atoms with Crippen molar-refractivity contribution in [2.45, 2.75) is 31.9 Å². The highest BCUT2D eigenvalue weighted by Crippen LogP contribution is 2.15. The molecule has 0 spiro atoms. The normalized spacial score (nSPS) is 20.8. The molecule has 0 aliphatic carbocycles. The van der Waals surface area contributed by atoms with E-state index in [2.05, 4.69) is 37.4 Å². The first-order valence-electron chi connectivity index (χ1n) is 6.11. The van der Waals surface area contributed by atoms with Crippen molar-refractivity contribution < 1.29 is 4.74 Å². The van der Waals surface area contributed by atoms with Gasteiger partial charge in [0.25, 0.3) is 0 Å². The van der Waals surface area contributed by atoms with E-state index in [0.29, 0.717) is 6.04 Å². The molecule has 1 saturated heterocycles. The Labute approximate surface area is 104 Å². The predicted molar refractivity (Wildman–Crippen MR) is 72.3 cm³/mol. The van der Waals surface area contributed by atoms with Gasteiger partial charge in [0.15, 0.2) is 0 Å². The fourth-order valence-electron chi connectivity index (χ4n) is 1.74. The van der Waals surface area contributed by atoms with Crippen molar-refractivity contribution >= 4 is 11.8 Å². The molecule has 1 unspecified atom stereocenters. The van der Waals surface area contributed by atoms with Crippen molar-refractivity contribution in [2.24, 2.45) is 0 Å². The van der Waals surface area contributed by atoms with Crippen molar-refractivity contribution in [3.05, 3.63) is 0 Å². The second kappa shape index (κ2) is 6.84. The first kappa shape index (κ1) is 14.3. The van der Waals surface area contributed by atoms with Crippen LogP contribution in [0, 0.1) is 0 Å². The van der Waals surface area contributed by atoms with E-state index >= 15 is 0 Å². The van der Waals surface area contributed by atoms with Crippen LogP contribution in [0.4, 0.5) is 0 Å². The van der Waals surface area contributed by atoms with Crippen molar-refractivity contribution in [3.8, 4) is 0 Å². The van der Waals surface area contributed by atoms with Crippen LogP contribution >= 0.6 is 11.8 Å². The third kappa shape index (κ3) is 4.62. The van der Waals surface area contributed by atoms with E-state index in [0.717, 1.165) is 26.2 Å². The summed E-state index contributed by atoms with van der Waals surface area (Å²) >= 11 is 1.92. The third-order valence-electron chi connectivity index (χ3n) is 3.38. The molecule has 0 aromatic carbocycles.